The highest BCUT2D eigenvalue weighted by Gasteiger charge is 2.49. The Bertz CT molecular complexity index is 72.3. The molecular weight excluding hydrogens is 323 g/mol. The predicted octanol–water partition coefficient (Wildman–Crippen LogP) is 3.27. The summed E-state index contributed by atoms with van der Waals surface area (Å²) in [5.74, 6) is 0. The van der Waals surface area contributed by atoms with E-state index in [1.54, 1.807) is 0 Å². The monoisotopic (exact) mass is 322 g/mol. The molecule has 0 nitrogen and oxygen atoms in total. The first-order valence-corrected chi connectivity index (χ1v) is 3.63. The van der Waals surface area contributed by atoms with Gasteiger partial charge in [-0.05, 0) is 50.1 Å². The van der Waals surface area contributed by atoms with Gasteiger partial charge >= 0.3 is 5.38 Å². The molecule has 0 fully saturated rings. The average molecular weight is 323 g/mol. The standard InChI is InChI=1S/C2BrClF3I/c3-1(5,8)2(4,6)7. The fourth-order valence-electron chi connectivity index (χ4n) is 0. The van der Waals surface area contributed by atoms with Gasteiger partial charge in [0, 0.05) is 0 Å². The van der Waals surface area contributed by atoms with Crippen LogP contribution in [0.25, 0.3) is 0 Å². The van der Waals surface area contributed by atoms with Crippen molar-refractivity contribution in [3.63, 3.8) is 0 Å². The van der Waals surface area contributed by atoms with Crippen molar-refractivity contribution in [2.75, 3.05) is 0 Å². The van der Waals surface area contributed by atoms with Crippen molar-refractivity contribution in [1.29, 1.82) is 0 Å². The normalized spacial score (nSPS) is 20.2. The van der Waals surface area contributed by atoms with Gasteiger partial charge in [-0.25, -0.2) is 4.39 Å². The zero-order valence-corrected chi connectivity index (χ0v) is 7.77. The number of rotatable bonds is 1. The molecule has 0 bridgehead atoms. The van der Waals surface area contributed by atoms with Gasteiger partial charge in [-0.1, -0.05) is 0 Å². The average Bonchev–Trinajstić information content (AvgIpc) is 1.25. The minimum absolute atomic E-state index is 0.851. The lowest BCUT2D eigenvalue weighted by molar-refractivity contribution is 0.0437. The summed E-state index contributed by atoms with van der Waals surface area (Å²) in [4.78, 5) is 0. The Morgan fingerprint density at radius 1 is 1.38 bits per heavy atom. The van der Waals surface area contributed by atoms with Crippen molar-refractivity contribution in [3.8, 4) is 0 Å². The van der Waals surface area contributed by atoms with Crippen LogP contribution in [0.4, 0.5) is 13.2 Å². The molecule has 0 amide bonds. The third-order valence-corrected chi connectivity index (χ3v) is 2.30. The van der Waals surface area contributed by atoms with Gasteiger partial charge in [0.2, 0.25) is 0 Å². The van der Waals surface area contributed by atoms with E-state index >= 15 is 0 Å². The lowest BCUT2D eigenvalue weighted by atomic mass is 10.8. The fourth-order valence-corrected chi connectivity index (χ4v) is 0. The van der Waals surface area contributed by atoms with E-state index in [9.17, 15) is 13.2 Å². The Kier molecular flexibility index (Phi) is 2.90. The highest BCUT2D eigenvalue weighted by atomic mass is 127. The van der Waals surface area contributed by atoms with Crippen LogP contribution in [-0.4, -0.2) is 7.97 Å². The van der Waals surface area contributed by atoms with E-state index < -0.39 is 7.97 Å². The van der Waals surface area contributed by atoms with E-state index in [0.717, 1.165) is 22.6 Å². The molecular formula is C2BrClF3I. The summed E-state index contributed by atoms with van der Waals surface area (Å²) < 4.78 is 32.2. The Labute approximate surface area is 71.0 Å². The predicted molar refractivity (Wildman–Crippen MR) is 37.6 cm³/mol. The second-order valence-corrected chi connectivity index (χ2v) is 5.53. The summed E-state index contributed by atoms with van der Waals surface area (Å²) in [5.41, 5.74) is 0. The Morgan fingerprint density at radius 2 is 1.50 bits per heavy atom. The van der Waals surface area contributed by atoms with Crippen LogP contribution in [-0.2, 0) is 0 Å². The topological polar surface area (TPSA) is 0 Å². The first-order chi connectivity index (χ1) is 3.25. The van der Waals surface area contributed by atoms with Crippen LogP contribution in [0.1, 0.15) is 0 Å². The quantitative estimate of drug-likeness (QED) is 0.513. The molecule has 0 aromatic heterocycles. The lowest BCUT2D eigenvalue weighted by Crippen LogP contribution is -2.25. The summed E-state index contributed by atoms with van der Waals surface area (Å²) in [6, 6.07) is 0. The van der Waals surface area contributed by atoms with E-state index in [0.29, 0.717) is 0 Å². The Balaban J connectivity index is 4.02. The summed E-state index contributed by atoms with van der Waals surface area (Å²) in [6.07, 6.45) is 0. The molecule has 0 aliphatic rings. The van der Waals surface area contributed by atoms with Crippen molar-refractivity contribution in [2.45, 2.75) is 7.97 Å². The van der Waals surface area contributed by atoms with Gasteiger partial charge in [0.25, 0.3) is 2.58 Å². The van der Waals surface area contributed by atoms with Gasteiger partial charge in [0.1, 0.15) is 0 Å². The minimum atomic E-state index is -3.85. The second kappa shape index (κ2) is 2.49. The molecule has 0 aromatic carbocycles. The van der Waals surface area contributed by atoms with Crippen molar-refractivity contribution >= 4 is 50.1 Å². The summed E-state index contributed by atoms with van der Waals surface area (Å²) >= 11 is 7.13. The highest BCUT2D eigenvalue weighted by molar-refractivity contribution is 14.1. The highest BCUT2D eigenvalue weighted by Crippen LogP contribution is 2.46. The third kappa shape index (κ3) is 2.72. The van der Waals surface area contributed by atoms with Gasteiger partial charge in [0.15, 0.2) is 0 Å². The molecule has 1 atom stereocenters. The van der Waals surface area contributed by atoms with Gasteiger partial charge in [-0.2, -0.15) is 8.78 Å². The molecule has 1 unspecified atom stereocenters. The Morgan fingerprint density at radius 3 is 1.50 bits per heavy atom. The molecule has 0 saturated heterocycles. The first-order valence-electron chi connectivity index (χ1n) is 1.38. The van der Waals surface area contributed by atoms with E-state index in [-0.39, 0.29) is 0 Å². The molecule has 0 heterocycles. The maximum atomic E-state index is 11.9. The molecule has 0 aromatic rings. The van der Waals surface area contributed by atoms with Gasteiger partial charge in [0.05, 0.1) is 0 Å². The molecule has 0 saturated carbocycles. The Hall–Kier alpha value is 1.29. The maximum absolute atomic E-state index is 11.9. The first kappa shape index (κ1) is 9.29. The lowest BCUT2D eigenvalue weighted by Gasteiger charge is -2.14. The van der Waals surface area contributed by atoms with E-state index in [1.165, 1.54) is 0 Å². The third-order valence-electron chi connectivity index (χ3n) is 0.321. The number of alkyl halides is 6. The van der Waals surface area contributed by atoms with E-state index in [1.807, 2.05) is 15.9 Å². The molecule has 0 spiro atoms. The summed E-state index contributed by atoms with van der Waals surface area (Å²) in [7, 11) is 0. The van der Waals surface area contributed by atoms with Crippen LogP contribution in [0.3, 0.4) is 0 Å². The summed E-state index contributed by atoms with van der Waals surface area (Å²) in [5, 5.41) is -3.85. The molecule has 0 N–H and O–H groups in total. The van der Waals surface area contributed by atoms with Crippen molar-refractivity contribution in [1.82, 2.24) is 0 Å². The van der Waals surface area contributed by atoms with Crippen LogP contribution in [0, 0.1) is 0 Å². The molecule has 50 valence electrons. The van der Waals surface area contributed by atoms with Crippen LogP contribution in [0.2, 0.25) is 0 Å². The molecule has 0 radical (unpaired) electrons. The number of hydrogen-bond acceptors (Lipinski definition) is 0. The SMILES string of the molecule is FC(F)(Cl)C(F)(Br)I. The van der Waals surface area contributed by atoms with Crippen molar-refractivity contribution in [3.05, 3.63) is 0 Å². The second-order valence-electron chi connectivity index (χ2n) is 0.996. The van der Waals surface area contributed by atoms with Gasteiger partial charge in [-0.15, -0.1) is 0 Å². The van der Waals surface area contributed by atoms with E-state index in [2.05, 4.69) is 11.6 Å². The zero-order valence-electron chi connectivity index (χ0n) is 3.27. The molecule has 0 aliphatic carbocycles. The minimum Gasteiger partial charge on any atom is -0.211 e. The van der Waals surface area contributed by atoms with Crippen molar-refractivity contribution < 1.29 is 13.2 Å². The maximum Gasteiger partial charge on any atom is 0.374 e. The molecule has 6 heteroatoms. The van der Waals surface area contributed by atoms with Crippen molar-refractivity contribution in [2.24, 2.45) is 0 Å². The van der Waals surface area contributed by atoms with Crippen LogP contribution >= 0.6 is 50.1 Å². The van der Waals surface area contributed by atoms with Crippen LogP contribution < -0.4 is 0 Å². The largest absolute Gasteiger partial charge is 0.374 e. The van der Waals surface area contributed by atoms with Crippen LogP contribution in [0.5, 0.6) is 0 Å². The number of halogens is 6. The summed E-state index contributed by atoms with van der Waals surface area (Å²) in [6.45, 7) is 0. The number of hydrogen-bond donors (Lipinski definition) is 0. The molecule has 0 aliphatic heterocycles. The smallest absolute Gasteiger partial charge is 0.211 e. The molecule has 8 heavy (non-hydrogen) atoms. The van der Waals surface area contributed by atoms with Gasteiger partial charge < -0.3 is 0 Å². The van der Waals surface area contributed by atoms with Gasteiger partial charge in [-0.3, -0.25) is 0 Å². The van der Waals surface area contributed by atoms with E-state index in [4.69, 9.17) is 0 Å². The molecule has 0 rings (SSSR count). The zero-order chi connectivity index (χ0) is 7.00. The van der Waals surface area contributed by atoms with Crippen LogP contribution in [0.15, 0.2) is 0 Å². The fraction of sp³-hybridized carbons (Fsp3) is 1.00.